The number of nitrogens with one attached hydrogen (secondary N) is 2. The van der Waals surface area contributed by atoms with Crippen molar-refractivity contribution in [2.75, 3.05) is 11.9 Å². The van der Waals surface area contributed by atoms with Gasteiger partial charge in [-0.2, -0.15) is 4.98 Å². The molecule has 0 amide bonds. The van der Waals surface area contributed by atoms with Crippen LogP contribution in [0.4, 0.5) is 15.2 Å². The van der Waals surface area contributed by atoms with Gasteiger partial charge in [0.1, 0.15) is 5.82 Å². The maximum atomic E-state index is 13.5. The lowest BCUT2D eigenvalue weighted by molar-refractivity contribution is 0.320. The summed E-state index contributed by atoms with van der Waals surface area (Å²) in [4.78, 5) is 10.9. The van der Waals surface area contributed by atoms with Crippen LogP contribution >= 0.6 is 23.7 Å². The Morgan fingerprint density at radius 2 is 2.03 bits per heavy atom. The van der Waals surface area contributed by atoms with Crippen LogP contribution in [0.25, 0.3) is 22.6 Å². The van der Waals surface area contributed by atoms with Crippen LogP contribution in [0, 0.1) is 11.2 Å². The molecule has 0 aliphatic carbocycles. The maximum absolute atomic E-state index is 13.5. The van der Waals surface area contributed by atoms with E-state index in [4.69, 9.17) is 15.7 Å². The molecule has 5 rings (SSSR count). The lowest BCUT2D eigenvalue weighted by Crippen LogP contribution is -2.41. The van der Waals surface area contributed by atoms with E-state index in [0.717, 1.165) is 47.0 Å². The summed E-state index contributed by atoms with van der Waals surface area (Å²) in [6.07, 6.45) is 2.53. The van der Waals surface area contributed by atoms with Crippen LogP contribution in [0.1, 0.15) is 18.7 Å². The van der Waals surface area contributed by atoms with Crippen molar-refractivity contribution in [1.82, 2.24) is 20.0 Å². The van der Waals surface area contributed by atoms with Gasteiger partial charge in [0.2, 0.25) is 11.7 Å². The molecule has 1 fully saturated rings. The van der Waals surface area contributed by atoms with E-state index in [0.29, 0.717) is 18.1 Å². The second kappa shape index (κ2) is 10.2. The minimum atomic E-state index is -0.283. The zero-order valence-electron chi connectivity index (χ0n) is 18.1. The SMILES string of the molecule is Cl.N=C(N)N1CCC[C@H]1Cc1nc(-c2ccc(Nc3nc(-c4cccc(F)c4)cs3)cc2)no1. The van der Waals surface area contributed by atoms with E-state index < -0.39 is 0 Å². The van der Waals surface area contributed by atoms with Gasteiger partial charge < -0.3 is 20.5 Å². The molecule has 0 saturated carbocycles. The minimum Gasteiger partial charge on any atom is -0.370 e. The molecule has 3 heterocycles. The molecule has 1 aliphatic heterocycles. The highest BCUT2D eigenvalue weighted by Gasteiger charge is 2.27. The lowest BCUT2D eigenvalue weighted by atomic mass is 10.1. The van der Waals surface area contributed by atoms with E-state index >= 15 is 0 Å². The van der Waals surface area contributed by atoms with Gasteiger partial charge >= 0.3 is 0 Å². The quantitative estimate of drug-likeness (QED) is 0.250. The van der Waals surface area contributed by atoms with Crippen LogP contribution < -0.4 is 11.1 Å². The van der Waals surface area contributed by atoms with Crippen LogP contribution in [-0.4, -0.2) is 38.6 Å². The monoisotopic (exact) mass is 499 g/mol. The standard InChI is InChI=1S/C23H22FN7OS.ClH/c24-16-4-1-3-15(11-16)19-13-33-23(28-19)27-17-8-6-14(7-9-17)21-29-20(32-30-21)12-18-5-2-10-31(18)22(25)26;/h1,3-4,6-9,11,13,18H,2,5,10,12H2,(H3,25,26)(H,27,28);1H/t18-;/m0./s1. The predicted molar refractivity (Wildman–Crippen MR) is 133 cm³/mol. The first-order valence-corrected chi connectivity index (χ1v) is 11.5. The molecule has 2 aromatic heterocycles. The zero-order chi connectivity index (χ0) is 22.8. The molecule has 0 spiro atoms. The third-order valence-electron chi connectivity index (χ3n) is 5.58. The predicted octanol–water partition coefficient (Wildman–Crippen LogP) is 5.06. The molecule has 2 aromatic carbocycles. The Morgan fingerprint density at radius 1 is 1.21 bits per heavy atom. The number of benzene rings is 2. The van der Waals surface area contributed by atoms with E-state index in [1.54, 1.807) is 6.07 Å². The summed E-state index contributed by atoms with van der Waals surface area (Å²) in [5, 5.41) is 17.7. The number of nitrogens with two attached hydrogens (primary N) is 1. The van der Waals surface area contributed by atoms with E-state index in [1.165, 1.54) is 23.5 Å². The fourth-order valence-electron chi connectivity index (χ4n) is 3.96. The van der Waals surface area contributed by atoms with Gasteiger partial charge in [0, 0.05) is 41.2 Å². The molecule has 34 heavy (non-hydrogen) atoms. The molecule has 11 heteroatoms. The Hall–Kier alpha value is -3.50. The largest absolute Gasteiger partial charge is 0.370 e. The first-order chi connectivity index (χ1) is 16.0. The number of thiazole rings is 1. The number of hydrogen-bond donors (Lipinski definition) is 3. The number of aromatic nitrogens is 3. The number of halogens is 2. The van der Waals surface area contributed by atoms with Crippen LogP contribution in [0.15, 0.2) is 58.4 Å². The lowest BCUT2D eigenvalue weighted by Gasteiger charge is -2.23. The zero-order valence-corrected chi connectivity index (χ0v) is 19.7. The van der Waals surface area contributed by atoms with Gasteiger partial charge in [-0.15, -0.1) is 23.7 Å². The Bertz CT molecular complexity index is 1280. The average Bonchev–Trinajstić information content (AvgIpc) is 3.56. The first kappa shape index (κ1) is 23.7. The third-order valence-corrected chi connectivity index (χ3v) is 6.34. The molecular formula is C23H23ClFN7OS. The van der Waals surface area contributed by atoms with Gasteiger partial charge in [-0.05, 0) is 49.2 Å². The molecule has 4 aromatic rings. The van der Waals surface area contributed by atoms with Crippen molar-refractivity contribution in [2.45, 2.75) is 25.3 Å². The van der Waals surface area contributed by atoms with Crippen LogP contribution in [-0.2, 0) is 6.42 Å². The van der Waals surface area contributed by atoms with Crippen molar-refractivity contribution in [1.29, 1.82) is 5.41 Å². The Kier molecular flexibility index (Phi) is 7.09. The number of likely N-dealkylation sites (tertiary alicyclic amines) is 1. The smallest absolute Gasteiger partial charge is 0.229 e. The number of guanidine groups is 1. The molecular weight excluding hydrogens is 477 g/mol. The molecule has 1 saturated heterocycles. The van der Waals surface area contributed by atoms with Gasteiger partial charge in [0.05, 0.1) is 5.69 Å². The van der Waals surface area contributed by atoms with Crippen molar-refractivity contribution < 1.29 is 8.91 Å². The molecule has 4 N–H and O–H groups in total. The summed E-state index contributed by atoms with van der Waals surface area (Å²) in [5.41, 5.74) is 8.83. The summed E-state index contributed by atoms with van der Waals surface area (Å²) in [7, 11) is 0. The van der Waals surface area contributed by atoms with Crippen molar-refractivity contribution >= 4 is 40.5 Å². The van der Waals surface area contributed by atoms with Gasteiger partial charge in [-0.3, -0.25) is 5.41 Å². The Morgan fingerprint density at radius 3 is 2.79 bits per heavy atom. The van der Waals surface area contributed by atoms with Gasteiger partial charge in [-0.1, -0.05) is 17.3 Å². The van der Waals surface area contributed by atoms with Crippen LogP contribution in [0.2, 0.25) is 0 Å². The molecule has 8 nitrogen and oxygen atoms in total. The molecule has 1 atom stereocenters. The molecule has 0 unspecified atom stereocenters. The average molecular weight is 500 g/mol. The van der Waals surface area contributed by atoms with Gasteiger partial charge in [0.25, 0.3) is 0 Å². The fraction of sp³-hybridized carbons (Fsp3) is 0.217. The molecule has 1 aliphatic rings. The molecule has 0 radical (unpaired) electrons. The number of hydrogen-bond acceptors (Lipinski definition) is 7. The van der Waals surface area contributed by atoms with Gasteiger partial charge in [0.15, 0.2) is 11.1 Å². The Labute approximate surface area is 205 Å². The highest BCUT2D eigenvalue weighted by molar-refractivity contribution is 7.14. The summed E-state index contributed by atoms with van der Waals surface area (Å²) >= 11 is 1.45. The van der Waals surface area contributed by atoms with E-state index in [-0.39, 0.29) is 30.2 Å². The van der Waals surface area contributed by atoms with Crippen molar-refractivity contribution in [2.24, 2.45) is 5.73 Å². The summed E-state index contributed by atoms with van der Waals surface area (Å²) in [6, 6.07) is 14.2. The number of anilines is 2. The second-order valence-electron chi connectivity index (χ2n) is 7.84. The third kappa shape index (κ3) is 5.18. The van der Waals surface area contributed by atoms with Gasteiger partial charge in [-0.25, -0.2) is 9.37 Å². The highest BCUT2D eigenvalue weighted by Crippen LogP contribution is 2.28. The van der Waals surface area contributed by atoms with Crippen LogP contribution in [0.3, 0.4) is 0 Å². The minimum absolute atomic E-state index is 0. The van der Waals surface area contributed by atoms with Crippen molar-refractivity contribution in [3.8, 4) is 22.6 Å². The van der Waals surface area contributed by atoms with E-state index in [1.807, 2.05) is 40.6 Å². The normalized spacial score (nSPS) is 15.2. The Balaban J connectivity index is 0.00000274. The summed E-state index contributed by atoms with van der Waals surface area (Å²) in [6.45, 7) is 0.790. The second-order valence-corrected chi connectivity index (χ2v) is 8.70. The summed E-state index contributed by atoms with van der Waals surface area (Å²) in [5.74, 6) is 0.864. The van der Waals surface area contributed by atoms with Crippen LogP contribution in [0.5, 0.6) is 0 Å². The number of rotatable bonds is 6. The molecule has 0 bridgehead atoms. The fourth-order valence-corrected chi connectivity index (χ4v) is 4.70. The summed E-state index contributed by atoms with van der Waals surface area (Å²) < 4.78 is 18.9. The highest BCUT2D eigenvalue weighted by atomic mass is 35.5. The number of nitrogens with zero attached hydrogens (tertiary/aromatic N) is 4. The topological polar surface area (TPSA) is 117 Å². The maximum Gasteiger partial charge on any atom is 0.229 e. The first-order valence-electron chi connectivity index (χ1n) is 10.6. The van der Waals surface area contributed by atoms with E-state index in [2.05, 4.69) is 20.4 Å². The van der Waals surface area contributed by atoms with Crippen molar-refractivity contribution in [3.63, 3.8) is 0 Å². The van der Waals surface area contributed by atoms with Crippen molar-refractivity contribution in [3.05, 3.63) is 65.6 Å². The molecule has 176 valence electrons. The van der Waals surface area contributed by atoms with E-state index in [9.17, 15) is 4.39 Å².